The minimum absolute atomic E-state index is 0. The average Bonchev–Trinajstić information content (AvgIpc) is 2.54. The van der Waals surface area contributed by atoms with E-state index in [1.807, 2.05) is 25.1 Å². The highest BCUT2D eigenvalue weighted by Crippen LogP contribution is 2.26. The lowest BCUT2D eigenvalue weighted by molar-refractivity contribution is -0.121. The summed E-state index contributed by atoms with van der Waals surface area (Å²) in [6.07, 6.45) is 3.45. The van der Waals surface area contributed by atoms with E-state index < -0.39 is 0 Å². The second-order valence-electron chi connectivity index (χ2n) is 6.70. The van der Waals surface area contributed by atoms with Crippen molar-refractivity contribution in [1.29, 1.82) is 0 Å². The van der Waals surface area contributed by atoms with Crippen LogP contribution in [0, 0.1) is 12.3 Å². The number of carbonyl (C=O) groups is 1. The fourth-order valence-corrected chi connectivity index (χ4v) is 2.85. The molecular formula is C18H28Cl2N2O2. The lowest BCUT2D eigenvalue weighted by Gasteiger charge is -2.34. The Hall–Kier alpha value is -0.970. The third-order valence-electron chi connectivity index (χ3n) is 4.47. The Kier molecular flexibility index (Phi) is 8.88. The molecule has 1 fully saturated rings. The van der Waals surface area contributed by atoms with Gasteiger partial charge >= 0.3 is 0 Å². The molecule has 0 aliphatic carbocycles. The first-order valence-electron chi connectivity index (χ1n) is 8.35. The van der Waals surface area contributed by atoms with Crippen LogP contribution < -0.4 is 15.4 Å². The summed E-state index contributed by atoms with van der Waals surface area (Å²) in [5.41, 5.74) is 1.23. The Morgan fingerprint density at radius 2 is 2.08 bits per heavy atom. The zero-order valence-corrected chi connectivity index (χ0v) is 16.1. The van der Waals surface area contributed by atoms with Crippen molar-refractivity contribution in [3.63, 3.8) is 0 Å². The summed E-state index contributed by atoms with van der Waals surface area (Å²) in [5, 5.41) is 7.16. The Balaban J connectivity index is 0.00000288. The molecule has 136 valence electrons. The summed E-state index contributed by atoms with van der Waals surface area (Å²) in [7, 11) is 0. The summed E-state index contributed by atoms with van der Waals surface area (Å²) in [6.45, 7) is 7.59. The Morgan fingerprint density at radius 3 is 2.75 bits per heavy atom. The molecule has 0 atom stereocenters. The van der Waals surface area contributed by atoms with Gasteiger partial charge in [0.1, 0.15) is 5.75 Å². The van der Waals surface area contributed by atoms with Crippen LogP contribution in [0.25, 0.3) is 0 Å². The van der Waals surface area contributed by atoms with Crippen LogP contribution >= 0.6 is 24.0 Å². The molecule has 1 aliphatic heterocycles. The first-order chi connectivity index (χ1) is 11.0. The van der Waals surface area contributed by atoms with Gasteiger partial charge in [-0.25, -0.2) is 0 Å². The highest BCUT2D eigenvalue weighted by atomic mass is 35.5. The van der Waals surface area contributed by atoms with Crippen molar-refractivity contribution in [1.82, 2.24) is 10.6 Å². The zero-order chi connectivity index (χ0) is 16.7. The minimum atomic E-state index is 0. The number of benzene rings is 1. The standard InChI is InChI=1S/C18H27ClN2O2.ClH/c1-14-12-15(5-6-16(14)19)23-11-3-4-17(22)21-13-18(2)7-9-20-10-8-18;/h5-6,12,20H,3-4,7-11,13H2,1-2H3,(H,21,22);1H. The van der Waals surface area contributed by atoms with Crippen LogP contribution in [0.2, 0.25) is 5.02 Å². The molecule has 2 N–H and O–H groups in total. The first-order valence-corrected chi connectivity index (χ1v) is 8.73. The van der Waals surface area contributed by atoms with Crippen molar-refractivity contribution in [2.75, 3.05) is 26.2 Å². The monoisotopic (exact) mass is 374 g/mol. The van der Waals surface area contributed by atoms with Crippen molar-refractivity contribution >= 4 is 29.9 Å². The summed E-state index contributed by atoms with van der Waals surface area (Å²) >= 11 is 5.98. The van der Waals surface area contributed by atoms with Crippen molar-refractivity contribution in [3.8, 4) is 5.75 Å². The number of hydrogen-bond acceptors (Lipinski definition) is 3. The lowest BCUT2D eigenvalue weighted by atomic mass is 9.81. The van der Waals surface area contributed by atoms with Crippen molar-refractivity contribution < 1.29 is 9.53 Å². The molecule has 0 bridgehead atoms. The van der Waals surface area contributed by atoms with Gasteiger partial charge in [-0.3, -0.25) is 4.79 Å². The first kappa shape index (κ1) is 21.1. The smallest absolute Gasteiger partial charge is 0.220 e. The third-order valence-corrected chi connectivity index (χ3v) is 4.89. The second-order valence-corrected chi connectivity index (χ2v) is 7.11. The Morgan fingerprint density at radius 1 is 1.38 bits per heavy atom. The fourth-order valence-electron chi connectivity index (χ4n) is 2.74. The van der Waals surface area contributed by atoms with E-state index in [9.17, 15) is 4.79 Å². The third kappa shape index (κ3) is 6.88. The number of ether oxygens (including phenoxy) is 1. The van der Waals surface area contributed by atoms with Gasteiger partial charge in [0.15, 0.2) is 0 Å². The van der Waals surface area contributed by atoms with Gasteiger partial charge in [-0.1, -0.05) is 18.5 Å². The van der Waals surface area contributed by atoms with Gasteiger partial charge in [0.05, 0.1) is 6.61 Å². The van der Waals surface area contributed by atoms with E-state index >= 15 is 0 Å². The van der Waals surface area contributed by atoms with Gasteiger partial charge in [-0.05, 0) is 68.5 Å². The minimum Gasteiger partial charge on any atom is -0.494 e. The molecule has 0 aromatic heterocycles. The molecule has 0 unspecified atom stereocenters. The van der Waals surface area contributed by atoms with Crippen LogP contribution in [-0.4, -0.2) is 32.1 Å². The van der Waals surface area contributed by atoms with Crippen LogP contribution in [0.15, 0.2) is 18.2 Å². The van der Waals surface area contributed by atoms with Crippen molar-refractivity contribution in [2.24, 2.45) is 5.41 Å². The number of hydrogen-bond donors (Lipinski definition) is 2. The summed E-state index contributed by atoms with van der Waals surface area (Å²) in [4.78, 5) is 11.9. The van der Waals surface area contributed by atoms with Gasteiger partial charge in [-0.15, -0.1) is 12.4 Å². The molecule has 0 radical (unpaired) electrons. The SMILES string of the molecule is Cc1cc(OCCCC(=O)NCC2(C)CCNCC2)ccc1Cl.Cl. The van der Waals surface area contributed by atoms with Crippen molar-refractivity contribution in [2.45, 2.75) is 39.5 Å². The van der Waals surface area contributed by atoms with Crippen LogP contribution in [0.1, 0.15) is 38.2 Å². The van der Waals surface area contributed by atoms with Crippen LogP contribution in [-0.2, 0) is 4.79 Å². The highest BCUT2D eigenvalue weighted by Gasteiger charge is 2.26. The molecule has 4 nitrogen and oxygen atoms in total. The topological polar surface area (TPSA) is 50.4 Å². The van der Waals surface area contributed by atoms with Gasteiger partial charge < -0.3 is 15.4 Å². The van der Waals surface area contributed by atoms with Crippen LogP contribution in [0.3, 0.4) is 0 Å². The predicted octanol–water partition coefficient (Wildman–Crippen LogP) is 3.74. The summed E-state index contributed by atoms with van der Waals surface area (Å²) in [5.74, 6) is 0.912. The van der Waals surface area contributed by atoms with E-state index in [2.05, 4.69) is 17.6 Å². The number of nitrogens with one attached hydrogen (secondary N) is 2. The quantitative estimate of drug-likeness (QED) is 0.714. The number of amides is 1. The van der Waals surface area contributed by atoms with E-state index in [-0.39, 0.29) is 23.7 Å². The number of aryl methyl sites for hydroxylation is 1. The van der Waals surface area contributed by atoms with Gasteiger partial charge in [0.2, 0.25) is 5.91 Å². The van der Waals surface area contributed by atoms with Crippen LogP contribution in [0.5, 0.6) is 5.75 Å². The molecule has 0 saturated carbocycles. The zero-order valence-electron chi connectivity index (χ0n) is 14.5. The molecule has 1 amide bonds. The number of carbonyl (C=O) groups excluding carboxylic acids is 1. The maximum absolute atomic E-state index is 11.9. The van der Waals surface area contributed by atoms with Crippen molar-refractivity contribution in [3.05, 3.63) is 28.8 Å². The van der Waals surface area contributed by atoms with E-state index in [4.69, 9.17) is 16.3 Å². The number of piperidine rings is 1. The van der Waals surface area contributed by atoms with E-state index in [0.717, 1.165) is 48.8 Å². The Bertz CT molecular complexity index is 532. The Labute approximate surface area is 156 Å². The highest BCUT2D eigenvalue weighted by molar-refractivity contribution is 6.31. The van der Waals surface area contributed by atoms with Gasteiger partial charge in [0, 0.05) is 18.0 Å². The fraction of sp³-hybridized carbons (Fsp3) is 0.611. The molecule has 1 aromatic rings. The molecule has 24 heavy (non-hydrogen) atoms. The molecule has 1 aliphatic rings. The molecule has 1 aromatic carbocycles. The normalized spacial score (nSPS) is 16.1. The molecule has 1 heterocycles. The average molecular weight is 375 g/mol. The maximum Gasteiger partial charge on any atom is 0.220 e. The molecular weight excluding hydrogens is 347 g/mol. The van der Waals surface area contributed by atoms with E-state index in [1.165, 1.54) is 0 Å². The van der Waals surface area contributed by atoms with E-state index in [1.54, 1.807) is 0 Å². The van der Waals surface area contributed by atoms with Gasteiger partial charge in [-0.2, -0.15) is 0 Å². The molecule has 0 spiro atoms. The molecule has 2 rings (SSSR count). The number of halogens is 2. The maximum atomic E-state index is 11.9. The predicted molar refractivity (Wildman–Crippen MR) is 101 cm³/mol. The largest absolute Gasteiger partial charge is 0.494 e. The number of rotatable bonds is 7. The lowest BCUT2D eigenvalue weighted by Crippen LogP contribution is -2.42. The molecule has 6 heteroatoms. The second kappa shape index (κ2) is 10.1. The molecule has 1 saturated heterocycles. The van der Waals surface area contributed by atoms with Gasteiger partial charge in [0.25, 0.3) is 0 Å². The summed E-state index contributed by atoms with van der Waals surface area (Å²) in [6, 6.07) is 5.60. The van der Waals surface area contributed by atoms with E-state index in [0.29, 0.717) is 19.4 Å². The summed E-state index contributed by atoms with van der Waals surface area (Å²) < 4.78 is 5.66. The van der Waals surface area contributed by atoms with Crippen LogP contribution in [0.4, 0.5) is 0 Å².